The summed E-state index contributed by atoms with van der Waals surface area (Å²) in [5.41, 5.74) is 2.19. The Morgan fingerprint density at radius 1 is 0.795 bits per heavy atom. The van der Waals surface area contributed by atoms with E-state index < -0.39 is 28.5 Å². The molecule has 4 aromatic carbocycles. The molecule has 0 heterocycles. The zero-order valence-electron chi connectivity index (χ0n) is 24.2. The third-order valence-corrected chi connectivity index (χ3v) is 10.00. The second kappa shape index (κ2) is 14.9. The van der Waals surface area contributed by atoms with Gasteiger partial charge in [-0.3, -0.25) is 13.9 Å². The fourth-order valence-corrected chi connectivity index (χ4v) is 6.76. The van der Waals surface area contributed by atoms with Crippen molar-refractivity contribution in [3.05, 3.63) is 129 Å². The van der Waals surface area contributed by atoms with E-state index in [4.69, 9.17) is 34.8 Å². The molecule has 0 aliphatic rings. The monoisotopic (exact) mass is 671 g/mol. The molecule has 230 valence electrons. The van der Waals surface area contributed by atoms with Crippen molar-refractivity contribution < 1.29 is 18.0 Å². The Morgan fingerprint density at radius 3 is 2.09 bits per heavy atom. The summed E-state index contributed by atoms with van der Waals surface area (Å²) in [4.78, 5) is 29.4. The molecule has 1 N–H and O–H groups in total. The van der Waals surface area contributed by atoms with Crippen molar-refractivity contribution in [2.24, 2.45) is 0 Å². The predicted octanol–water partition coefficient (Wildman–Crippen LogP) is 6.93. The van der Waals surface area contributed by atoms with Crippen molar-refractivity contribution >= 4 is 62.3 Å². The van der Waals surface area contributed by atoms with Gasteiger partial charge in [-0.15, -0.1) is 0 Å². The lowest BCUT2D eigenvalue weighted by Crippen LogP contribution is -2.53. The molecule has 7 nitrogen and oxygen atoms in total. The fraction of sp³-hybridized carbons (Fsp3) is 0.212. The van der Waals surface area contributed by atoms with Gasteiger partial charge >= 0.3 is 0 Å². The van der Waals surface area contributed by atoms with E-state index in [2.05, 4.69) is 5.32 Å². The number of sulfonamides is 1. The van der Waals surface area contributed by atoms with Crippen LogP contribution in [0.4, 0.5) is 5.69 Å². The predicted molar refractivity (Wildman–Crippen MR) is 177 cm³/mol. The molecule has 1 atom stereocenters. The van der Waals surface area contributed by atoms with Gasteiger partial charge in [0.05, 0.1) is 20.6 Å². The van der Waals surface area contributed by atoms with E-state index in [0.29, 0.717) is 27.7 Å². The molecule has 2 amide bonds. The van der Waals surface area contributed by atoms with Crippen molar-refractivity contribution in [2.75, 3.05) is 17.4 Å². The molecule has 0 aliphatic heterocycles. The molecule has 44 heavy (non-hydrogen) atoms. The van der Waals surface area contributed by atoms with E-state index in [1.165, 1.54) is 17.0 Å². The standard InChI is InChI=1S/C33H32Cl3N3O4S/c1-3-37-33(41)31(20-24-11-6-4-7-12-24)38(21-25-17-18-28(35)29(36)19-25)32(40)22-39(30-16-10-15-27(34)23(30)2)44(42,43)26-13-8-5-9-14-26/h4-19,31H,3,20-22H2,1-2H3,(H,37,41)/t31-/m1/s1. The number of halogens is 3. The number of nitrogens with zero attached hydrogens (tertiary/aromatic N) is 2. The van der Waals surface area contributed by atoms with Gasteiger partial charge < -0.3 is 10.2 Å². The highest BCUT2D eigenvalue weighted by Crippen LogP contribution is 2.31. The number of benzene rings is 4. The van der Waals surface area contributed by atoms with Gasteiger partial charge in [-0.1, -0.05) is 95.5 Å². The third-order valence-electron chi connectivity index (χ3n) is 7.08. The Hall–Kier alpha value is -3.56. The van der Waals surface area contributed by atoms with Crippen molar-refractivity contribution in [3.63, 3.8) is 0 Å². The highest BCUT2D eigenvalue weighted by molar-refractivity contribution is 7.92. The average Bonchev–Trinajstić information content (AvgIpc) is 3.02. The number of amides is 2. The molecule has 0 radical (unpaired) electrons. The molecule has 0 spiro atoms. The number of rotatable bonds is 12. The van der Waals surface area contributed by atoms with Gasteiger partial charge in [0, 0.05) is 24.5 Å². The maximum atomic E-state index is 14.4. The average molecular weight is 673 g/mol. The summed E-state index contributed by atoms with van der Waals surface area (Å²) >= 11 is 18.9. The summed E-state index contributed by atoms with van der Waals surface area (Å²) in [5, 5.41) is 3.81. The van der Waals surface area contributed by atoms with E-state index in [1.54, 1.807) is 68.4 Å². The van der Waals surface area contributed by atoms with Crippen molar-refractivity contribution in [1.29, 1.82) is 0 Å². The van der Waals surface area contributed by atoms with Crippen LogP contribution < -0.4 is 9.62 Å². The molecule has 4 rings (SSSR count). The van der Waals surface area contributed by atoms with Crippen LogP contribution in [0.25, 0.3) is 0 Å². The maximum Gasteiger partial charge on any atom is 0.264 e. The highest BCUT2D eigenvalue weighted by Gasteiger charge is 2.35. The van der Waals surface area contributed by atoms with Gasteiger partial charge in [-0.05, 0) is 66.9 Å². The largest absolute Gasteiger partial charge is 0.355 e. The number of hydrogen-bond donors (Lipinski definition) is 1. The highest BCUT2D eigenvalue weighted by atomic mass is 35.5. The van der Waals surface area contributed by atoms with Gasteiger partial charge in [-0.2, -0.15) is 0 Å². The summed E-state index contributed by atoms with van der Waals surface area (Å²) in [5.74, 6) is -0.969. The van der Waals surface area contributed by atoms with Crippen LogP contribution in [-0.2, 0) is 32.6 Å². The molecule has 0 saturated carbocycles. The number of anilines is 1. The van der Waals surface area contributed by atoms with Gasteiger partial charge in [0.15, 0.2) is 0 Å². The minimum Gasteiger partial charge on any atom is -0.355 e. The summed E-state index contributed by atoms with van der Waals surface area (Å²) < 4.78 is 29.2. The Kier molecular flexibility index (Phi) is 11.3. The van der Waals surface area contributed by atoms with E-state index in [1.807, 2.05) is 30.3 Å². The molecule has 4 aromatic rings. The molecular weight excluding hydrogens is 641 g/mol. The Bertz CT molecular complexity index is 1720. The first-order chi connectivity index (χ1) is 21.0. The Balaban J connectivity index is 1.83. The number of nitrogens with one attached hydrogen (secondary N) is 1. The van der Waals surface area contributed by atoms with Gasteiger partial charge in [0.1, 0.15) is 12.6 Å². The van der Waals surface area contributed by atoms with E-state index in [9.17, 15) is 18.0 Å². The quantitative estimate of drug-likeness (QED) is 0.177. The molecule has 0 aliphatic carbocycles. The molecule has 0 saturated heterocycles. The lowest BCUT2D eigenvalue weighted by Gasteiger charge is -2.34. The minimum absolute atomic E-state index is 0.00719. The topological polar surface area (TPSA) is 86.8 Å². The first-order valence-corrected chi connectivity index (χ1v) is 16.5. The van der Waals surface area contributed by atoms with Gasteiger partial charge in [0.25, 0.3) is 10.0 Å². The second-order valence-corrected chi connectivity index (χ2v) is 13.2. The van der Waals surface area contributed by atoms with E-state index >= 15 is 0 Å². The second-order valence-electron chi connectivity index (χ2n) is 10.1. The van der Waals surface area contributed by atoms with Crippen molar-refractivity contribution in [3.8, 4) is 0 Å². The summed E-state index contributed by atoms with van der Waals surface area (Å²) in [6.45, 7) is 3.20. The van der Waals surface area contributed by atoms with Crippen LogP contribution >= 0.6 is 34.8 Å². The molecule has 0 bridgehead atoms. The smallest absolute Gasteiger partial charge is 0.264 e. The van der Waals surface area contributed by atoms with Crippen molar-refractivity contribution in [1.82, 2.24) is 10.2 Å². The normalized spacial score (nSPS) is 11.9. The maximum absolute atomic E-state index is 14.4. The zero-order chi connectivity index (χ0) is 31.9. The van der Waals surface area contributed by atoms with E-state index in [0.717, 1.165) is 9.87 Å². The molecular formula is C33H32Cl3N3O4S. The van der Waals surface area contributed by atoms with Crippen LogP contribution in [0.3, 0.4) is 0 Å². The zero-order valence-corrected chi connectivity index (χ0v) is 27.3. The lowest BCUT2D eigenvalue weighted by molar-refractivity contribution is -0.140. The van der Waals surface area contributed by atoms with Gasteiger partial charge in [-0.25, -0.2) is 8.42 Å². The number of carbonyl (C=O) groups excluding carboxylic acids is 2. The third kappa shape index (κ3) is 7.93. The summed E-state index contributed by atoms with van der Waals surface area (Å²) in [6.07, 6.45) is 0.196. The minimum atomic E-state index is -4.23. The molecule has 11 heteroatoms. The Labute approximate surface area is 273 Å². The lowest BCUT2D eigenvalue weighted by atomic mass is 10.0. The molecule has 0 unspecified atom stereocenters. The van der Waals surface area contributed by atoms with Crippen LogP contribution in [0.1, 0.15) is 23.6 Å². The molecule has 0 aromatic heterocycles. The first-order valence-electron chi connectivity index (χ1n) is 13.9. The van der Waals surface area contributed by atoms with Crippen LogP contribution in [0.5, 0.6) is 0 Å². The van der Waals surface area contributed by atoms with E-state index in [-0.39, 0.29) is 34.5 Å². The SMILES string of the molecule is CCNC(=O)[C@@H](Cc1ccccc1)N(Cc1ccc(Cl)c(Cl)c1)C(=O)CN(c1cccc(Cl)c1C)S(=O)(=O)c1ccccc1. The summed E-state index contributed by atoms with van der Waals surface area (Å²) in [6, 6.07) is 26.0. The first kappa shape index (κ1) is 33.3. The number of likely N-dealkylation sites (N-methyl/N-ethyl adjacent to an activating group) is 1. The van der Waals surface area contributed by atoms with Crippen LogP contribution in [0.15, 0.2) is 102 Å². The molecule has 0 fully saturated rings. The van der Waals surface area contributed by atoms with Crippen LogP contribution in [-0.4, -0.2) is 44.3 Å². The van der Waals surface area contributed by atoms with Gasteiger partial charge in [0.2, 0.25) is 11.8 Å². The number of hydrogen-bond acceptors (Lipinski definition) is 4. The number of carbonyl (C=O) groups is 2. The van der Waals surface area contributed by atoms with Crippen molar-refractivity contribution in [2.45, 2.75) is 37.8 Å². The summed E-state index contributed by atoms with van der Waals surface area (Å²) in [7, 11) is -4.23. The van der Waals surface area contributed by atoms with Crippen LogP contribution in [0.2, 0.25) is 15.1 Å². The fourth-order valence-electron chi connectivity index (χ4n) is 4.78. The Morgan fingerprint density at radius 2 is 1.45 bits per heavy atom. The van der Waals surface area contributed by atoms with Crippen LogP contribution in [0, 0.1) is 6.92 Å².